The van der Waals surface area contributed by atoms with E-state index in [1.54, 1.807) is 0 Å². The maximum Gasteiger partial charge on any atom is 0.0158 e. The minimum Gasteiger partial charge on any atom is -0.296 e. The maximum atomic E-state index is 2.59. The van der Waals surface area contributed by atoms with Crippen LogP contribution in [0.2, 0.25) is 0 Å². The van der Waals surface area contributed by atoms with Crippen molar-refractivity contribution in [3.05, 3.63) is 0 Å². The molecule has 1 aliphatic rings. The summed E-state index contributed by atoms with van der Waals surface area (Å²) in [7, 11) is 2.30. The molecule has 1 heteroatoms. The van der Waals surface area contributed by atoms with Crippen LogP contribution in [-0.4, -0.2) is 23.0 Å². The number of nitrogens with zero attached hydrogens (tertiary/aromatic N) is 1. The average Bonchev–Trinajstić information content (AvgIpc) is 2.15. The van der Waals surface area contributed by atoms with Crippen LogP contribution in [0.5, 0.6) is 0 Å². The third kappa shape index (κ3) is 2.80. The molecule has 1 aliphatic heterocycles. The van der Waals surface area contributed by atoms with Crippen molar-refractivity contribution in [3.8, 4) is 0 Å². The molecule has 0 radical (unpaired) electrons. The van der Waals surface area contributed by atoms with Crippen molar-refractivity contribution in [2.24, 2.45) is 11.3 Å². The van der Waals surface area contributed by atoms with E-state index in [1.807, 2.05) is 0 Å². The second-order valence-corrected chi connectivity index (χ2v) is 7.99. The molecule has 16 heavy (non-hydrogen) atoms. The lowest BCUT2D eigenvalue weighted by molar-refractivity contribution is 0.0409. The van der Waals surface area contributed by atoms with Crippen LogP contribution in [0.25, 0.3) is 0 Å². The van der Waals surface area contributed by atoms with E-state index in [1.165, 1.54) is 19.3 Å². The van der Waals surface area contributed by atoms with Crippen molar-refractivity contribution in [2.45, 2.75) is 78.8 Å². The van der Waals surface area contributed by atoms with Crippen molar-refractivity contribution < 1.29 is 0 Å². The molecule has 1 rings (SSSR count). The number of hydrogen-bond acceptors (Lipinski definition) is 1. The van der Waals surface area contributed by atoms with Crippen molar-refractivity contribution >= 4 is 0 Å². The standard InChI is InChI=1S/C15H31N/c1-13(2,3)12-9-10-14(4,5)16(8)15(6,7)11-12/h12H,9-11H2,1-8H3. The Balaban J connectivity index is 2.96. The molecule has 0 amide bonds. The summed E-state index contributed by atoms with van der Waals surface area (Å²) in [6, 6.07) is 0. The van der Waals surface area contributed by atoms with Gasteiger partial charge in [0.1, 0.15) is 0 Å². The zero-order valence-corrected chi connectivity index (χ0v) is 12.6. The molecule has 1 heterocycles. The number of rotatable bonds is 0. The van der Waals surface area contributed by atoms with Gasteiger partial charge in [0.15, 0.2) is 0 Å². The van der Waals surface area contributed by atoms with E-state index < -0.39 is 0 Å². The summed E-state index contributed by atoms with van der Waals surface area (Å²) in [4.78, 5) is 2.59. The Bertz CT molecular complexity index is 245. The van der Waals surface area contributed by atoms with Gasteiger partial charge in [0.2, 0.25) is 0 Å². The zero-order chi connectivity index (χ0) is 12.8. The van der Waals surface area contributed by atoms with Gasteiger partial charge in [-0.3, -0.25) is 4.90 Å². The Morgan fingerprint density at radius 1 is 1.00 bits per heavy atom. The summed E-state index contributed by atoms with van der Waals surface area (Å²) >= 11 is 0. The number of likely N-dealkylation sites (tertiary alicyclic amines) is 1. The Labute approximate surface area is 103 Å². The van der Waals surface area contributed by atoms with Gasteiger partial charge in [-0.25, -0.2) is 0 Å². The SMILES string of the molecule is CN1C(C)(C)CCC(C(C)(C)C)CC1(C)C. The van der Waals surface area contributed by atoms with E-state index in [0.29, 0.717) is 16.5 Å². The van der Waals surface area contributed by atoms with Crippen LogP contribution in [0.15, 0.2) is 0 Å². The van der Waals surface area contributed by atoms with E-state index in [9.17, 15) is 0 Å². The molecule has 0 saturated carbocycles. The van der Waals surface area contributed by atoms with E-state index in [2.05, 4.69) is 60.4 Å². The molecule has 0 aromatic carbocycles. The highest BCUT2D eigenvalue weighted by Gasteiger charge is 2.42. The zero-order valence-electron chi connectivity index (χ0n) is 12.6. The second kappa shape index (κ2) is 4.01. The molecular formula is C15H31N. The molecule has 1 unspecified atom stereocenters. The van der Waals surface area contributed by atoms with Crippen LogP contribution >= 0.6 is 0 Å². The monoisotopic (exact) mass is 225 g/mol. The van der Waals surface area contributed by atoms with Gasteiger partial charge in [0.05, 0.1) is 0 Å². The van der Waals surface area contributed by atoms with Gasteiger partial charge in [0, 0.05) is 11.1 Å². The van der Waals surface area contributed by atoms with Gasteiger partial charge in [-0.1, -0.05) is 20.8 Å². The molecule has 1 nitrogen and oxygen atoms in total. The molecule has 0 aromatic heterocycles. The largest absolute Gasteiger partial charge is 0.296 e. The summed E-state index contributed by atoms with van der Waals surface area (Å²) in [5.41, 5.74) is 1.10. The first-order chi connectivity index (χ1) is 6.97. The number of hydrogen-bond donors (Lipinski definition) is 0. The van der Waals surface area contributed by atoms with Crippen molar-refractivity contribution in [1.29, 1.82) is 0 Å². The summed E-state index contributed by atoms with van der Waals surface area (Å²) in [5.74, 6) is 0.840. The summed E-state index contributed by atoms with van der Waals surface area (Å²) in [6.07, 6.45) is 4.00. The van der Waals surface area contributed by atoms with Gasteiger partial charge >= 0.3 is 0 Å². The molecular weight excluding hydrogens is 194 g/mol. The molecule has 96 valence electrons. The molecule has 0 bridgehead atoms. The van der Waals surface area contributed by atoms with Gasteiger partial charge in [-0.05, 0) is 65.3 Å². The molecule has 0 aromatic rings. The molecule has 0 aliphatic carbocycles. The Kier molecular flexibility index (Phi) is 3.52. The fourth-order valence-electron chi connectivity index (χ4n) is 3.10. The van der Waals surface area contributed by atoms with Crippen molar-refractivity contribution in [1.82, 2.24) is 4.90 Å². The molecule has 1 saturated heterocycles. The normalized spacial score (nSPS) is 31.1. The van der Waals surface area contributed by atoms with Crippen LogP contribution in [0.4, 0.5) is 0 Å². The third-order valence-electron chi connectivity index (χ3n) is 4.89. The molecule has 0 N–H and O–H groups in total. The van der Waals surface area contributed by atoms with Crippen molar-refractivity contribution in [2.75, 3.05) is 7.05 Å². The first-order valence-electron chi connectivity index (χ1n) is 6.71. The Hall–Kier alpha value is -0.0400. The highest BCUT2D eigenvalue weighted by atomic mass is 15.2. The van der Waals surface area contributed by atoms with Crippen LogP contribution in [0.3, 0.4) is 0 Å². The first-order valence-corrected chi connectivity index (χ1v) is 6.71. The minimum absolute atomic E-state index is 0.317. The van der Waals surface area contributed by atoms with Crippen LogP contribution < -0.4 is 0 Å². The van der Waals surface area contributed by atoms with E-state index >= 15 is 0 Å². The maximum absolute atomic E-state index is 2.59. The molecule has 1 atom stereocenters. The molecule has 1 fully saturated rings. The second-order valence-electron chi connectivity index (χ2n) is 7.99. The predicted molar refractivity (Wildman–Crippen MR) is 72.7 cm³/mol. The molecule has 0 spiro atoms. The topological polar surface area (TPSA) is 3.24 Å². The third-order valence-corrected chi connectivity index (χ3v) is 4.89. The quantitative estimate of drug-likeness (QED) is 0.593. The van der Waals surface area contributed by atoms with Crippen molar-refractivity contribution in [3.63, 3.8) is 0 Å². The lowest BCUT2D eigenvalue weighted by atomic mass is 9.73. The lowest BCUT2D eigenvalue weighted by Gasteiger charge is -2.45. The average molecular weight is 225 g/mol. The highest BCUT2D eigenvalue weighted by Crippen LogP contribution is 2.44. The Morgan fingerprint density at radius 3 is 1.94 bits per heavy atom. The Morgan fingerprint density at radius 2 is 1.50 bits per heavy atom. The minimum atomic E-state index is 0.317. The van der Waals surface area contributed by atoms with Gasteiger partial charge in [0.25, 0.3) is 0 Å². The van der Waals surface area contributed by atoms with Crippen LogP contribution in [0, 0.1) is 11.3 Å². The van der Waals surface area contributed by atoms with Gasteiger partial charge < -0.3 is 0 Å². The highest BCUT2D eigenvalue weighted by molar-refractivity contribution is 4.97. The predicted octanol–water partition coefficient (Wildman–Crippen LogP) is 4.32. The van der Waals surface area contributed by atoms with Crippen LogP contribution in [-0.2, 0) is 0 Å². The fraction of sp³-hybridized carbons (Fsp3) is 1.00. The van der Waals surface area contributed by atoms with Gasteiger partial charge in [-0.15, -0.1) is 0 Å². The fourth-order valence-corrected chi connectivity index (χ4v) is 3.10. The van der Waals surface area contributed by atoms with E-state index in [-0.39, 0.29) is 0 Å². The summed E-state index contributed by atoms with van der Waals surface area (Å²) in [5, 5.41) is 0. The summed E-state index contributed by atoms with van der Waals surface area (Å²) < 4.78 is 0. The summed E-state index contributed by atoms with van der Waals surface area (Å²) in [6.45, 7) is 16.8. The van der Waals surface area contributed by atoms with E-state index in [0.717, 1.165) is 5.92 Å². The lowest BCUT2D eigenvalue weighted by Crippen LogP contribution is -2.52. The van der Waals surface area contributed by atoms with E-state index in [4.69, 9.17) is 0 Å². The van der Waals surface area contributed by atoms with Crippen LogP contribution in [0.1, 0.15) is 67.7 Å². The smallest absolute Gasteiger partial charge is 0.0158 e. The first kappa shape index (κ1) is 14.0. The van der Waals surface area contributed by atoms with Gasteiger partial charge in [-0.2, -0.15) is 0 Å².